The normalized spacial score (nSPS) is 9.46. The van der Waals surface area contributed by atoms with E-state index >= 15 is 0 Å². The van der Waals surface area contributed by atoms with Gasteiger partial charge >= 0.3 is 0 Å². The number of rotatable bonds is 2. The predicted molar refractivity (Wildman–Crippen MR) is 54.1 cm³/mol. The van der Waals surface area contributed by atoms with Gasteiger partial charge < -0.3 is 10.1 Å². The van der Waals surface area contributed by atoms with Crippen LogP contribution in [0.15, 0.2) is 22.7 Å². The van der Waals surface area contributed by atoms with E-state index in [0.717, 1.165) is 4.47 Å². The summed E-state index contributed by atoms with van der Waals surface area (Å²) in [5.74, 6) is 0.403. The molecule has 0 aliphatic carbocycles. The van der Waals surface area contributed by atoms with E-state index in [1.54, 1.807) is 19.2 Å². The minimum atomic E-state index is -0.154. The number of carbonyl (C=O) groups excluding carboxylic acids is 1. The van der Waals surface area contributed by atoms with Crippen LogP contribution >= 0.6 is 15.9 Å². The predicted octanol–water partition coefficient (Wildman–Crippen LogP) is 1.82. The highest BCUT2D eigenvalue weighted by atomic mass is 79.9. The second-order valence-electron chi connectivity index (χ2n) is 2.40. The van der Waals surface area contributed by atoms with Crippen LogP contribution in [0.25, 0.3) is 0 Å². The second kappa shape index (κ2) is 4.28. The van der Waals surface area contributed by atoms with E-state index < -0.39 is 0 Å². The van der Waals surface area contributed by atoms with Crippen LogP contribution in [0.1, 0.15) is 10.4 Å². The van der Waals surface area contributed by atoms with Crippen LogP contribution in [0.5, 0.6) is 5.75 Å². The molecule has 1 amide bonds. The number of amides is 1. The number of carbonyl (C=O) groups is 1. The maximum Gasteiger partial charge on any atom is 0.254 e. The highest BCUT2D eigenvalue weighted by Crippen LogP contribution is 2.28. The monoisotopic (exact) mass is 243 g/mol. The SMILES string of the molecule is CNC(=O)c1cccc(Br)c1OC. The molecule has 0 atom stereocenters. The van der Waals surface area contributed by atoms with Gasteiger partial charge in [-0.05, 0) is 28.1 Å². The van der Waals surface area contributed by atoms with Gasteiger partial charge in [-0.2, -0.15) is 0 Å². The lowest BCUT2D eigenvalue weighted by atomic mass is 10.2. The third-order valence-electron chi connectivity index (χ3n) is 1.64. The van der Waals surface area contributed by atoms with Gasteiger partial charge in [-0.1, -0.05) is 6.07 Å². The van der Waals surface area contributed by atoms with Crippen molar-refractivity contribution in [1.29, 1.82) is 0 Å². The van der Waals surface area contributed by atoms with E-state index in [2.05, 4.69) is 21.2 Å². The van der Waals surface area contributed by atoms with Gasteiger partial charge in [-0.25, -0.2) is 0 Å². The topological polar surface area (TPSA) is 38.3 Å². The molecule has 1 N–H and O–H groups in total. The fourth-order valence-corrected chi connectivity index (χ4v) is 1.56. The third-order valence-corrected chi connectivity index (χ3v) is 2.27. The maximum atomic E-state index is 11.3. The molecule has 0 unspecified atom stereocenters. The average molecular weight is 244 g/mol. The fraction of sp³-hybridized carbons (Fsp3) is 0.222. The molecule has 0 aliphatic heterocycles. The average Bonchev–Trinajstić information content (AvgIpc) is 2.16. The molecule has 4 heteroatoms. The lowest BCUT2D eigenvalue weighted by Gasteiger charge is -2.08. The number of hydrogen-bond donors (Lipinski definition) is 1. The number of halogens is 1. The summed E-state index contributed by atoms with van der Waals surface area (Å²) in [6.07, 6.45) is 0. The van der Waals surface area contributed by atoms with Crippen LogP contribution in [0.3, 0.4) is 0 Å². The molecule has 0 fully saturated rings. The number of para-hydroxylation sites is 1. The van der Waals surface area contributed by atoms with Gasteiger partial charge in [0.25, 0.3) is 5.91 Å². The molecule has 1 rings (SSSR count). The Balaban J connectivity index is 3.20. The summed E-state index contributed by atoms with van der Waals surface area (Å²) in [4.78, 5) is 11.3. The van der Waals surface area contributed by atoms with Crippen LogP contribution < -0.4 is 10.1 Å². The van der Waals surface area contributed by atoms with Crippen molar-refractivity contribution in [3.8, 4) is 5.75 Å². The molecule has 70 valence electrons. The summed E-state index contributed by atoms with van der Waals surface area (Å²) in [5, 5.41) is 2.54. The van der Waals surface area contributed by atoms with E-state index in [0.29, 0.717) is 11.3 Å². The highest BCUT2D eigenvalue weighted by molar-refractivity contribution is 9.10. The molecule has 1 aromatic rings. The second-order valence-corrected chi connectivity index (χ2v) is 3.25. The third kappa shape index (κ3) is 2.01. The van der Waals surface area contributed by atoms with Gasteiger partial charge in [0, 0.05) is 7.05 Å². The summed E-state index contributed by atoms with van der Waals surface area (Å²) in [6.45, 7) is 0. The molecule has 13 heavy (non-hydrogen) atoms. The fourth-order valence-electron chi connectivity index (χ4n) is 1.03. The van der Waals surface area contributed by atoms with Crippen LogP contribution in [-0.2, 0) is 0 Å². The number of nitrogens with one attached hydrogen (secondary N) is 1. The summed E-state index contributed by atoms with van der Waals surface area (Å²) >= 11 is 3.30. The molecular formula is C9H10BrNO2. The smallest absolute Gasteiger partial charge is 0.254 e. The van der Waals surface area contributed by atoms with E-state index in [9.17, 15) is 4.79 Å². The quantitative estimate of drug-likeness (QED) is 0.861. The van der Waals surface area contributed by atoms with Crippen molar-refractivity contribution in [2.45, 2.75) is 0 Å². The van der Waals surface area contributed by atoms with Crippen LogP contribution in [0.4, 0.5) is 0 Å². The summed E-state index contributed by atoms with van der Waals surface area (Å²) in [5.41, 5.74) is 0.527. The summed E-state index contributed by atoms with van der Waals surface area (Å²) in [6, 6.07) is 5.32. The van der Waals surface area contributed by atoms with Crippen molar-refractivity contribution in [1.82, 2.24) is 5.32 Å². The van der Waals surface area contributed by atoms with Crippen molar-refractivity contribution >= 4 is 21.8 Å². The van der Waals surface area contributed by atoms with E-state index in [4.69, 9.17) is 4.74 Å². The first-order valence-corrected chi connectivity index (χ1v) is 4.54. The molecule has 0 aromatic heterocycles. The van der Waals surface area contributed by atoms with Crippen molar-refractivity contribution < 1.29 is 9.53 Å². The van der Waals surface area contributed by atoms with Crippen molar-refractivity contribution in [3.63, 3.8) is 0 Å². The van der Waals surface area contributed by atoms with Gasteiger partial charge in [-0.3, -0.25) is 4.79 Å². The minimum Gasteiger partial charge on any atom is -0.495 e. The molecule has 0 bridgehead atoms. The Labute approximate surface area is 85.2 Å². The Bertz CT molecular complexity index is 325. The number of ether oxygens (including phenoxy) is 1. The maximum absolute atomic E-state index is 11.3. The Morgan fingerprint density at radius 3 is 2.77 bits per heavy atom. The molecule has 0 radical (unpaired) electrons. The Kier molecular flexibility index (Phi) is 3.31. The molecular weight excluding hydrogens is 234 g/mol. The molecule has 1 aromatic carbocycles. The molecule has 0 saturated heterocycles. The largest absolute Gasteiger partial charge is 0.495 e. The summed E-state index contributed by atoms with van der Waals surface area (Å²) < 4.78 is 5.87. The van der Waals surface area contributed by atoms with Gasteiger partial charge in [0.1, 0.15) is 5.75 Å². The Morgan fingerprint density at radius 2 is 2.23 bits per heavy atom. The summed E-state index contributed by atoms with van der Waals surface area (Å²) in [7, 11) is 3.12. The molecule has 0 aliphatic rings. The van der Waals surface area contributed by atoms with E-state index in [1.807, 2.05) is 6.07 Å². The first-order chi connectivity index (χ1) is 6.20. The lowest BCUT2D eigenvalue weighted by Crippen LogP contribution is -2.18. The van der Waals surface area contributed by atoms with Gasteiger partial charge in [0.15, 0.2) is 0 Å². The Morgan fingerprint density at radius 1 is 1.54 bits per heavy atom. The minimum absolute atomic E-state index is 0.154. The van der Waals surface area contributed by atoms with E-state index in [-0.39, 0.29) is 5.91 Å². The van der Waals surface area contributed by atoms with Gasteiger partial charge in [0.05, 0.1) is 17.1 Å². The zero-order valence-electron chi connectivity index (χ0n) is 7.43. The number of hydrogen-bond acceptors (Lipinski definition) is 2. The van der Waals surface area contributed by atoms with Crippen LogP contribution in [-0.4, -0.2) is 20.1 Å². The van der Waals surface area contributed by atoms with Gasteiger partial charge in [0.2, 0.25) is 0 Å². The molecule has 3 nitrogen and oxygen atoms in total. The highest BCUT2D eigenvalue weighted by Gasteiger charge is 2.12. The first-order valence-electron chi connectivity index (χ1n) is 3.75. The van der Waals surface area contributed by atoms with Crippen LogP contribution in [0, 0.1) is 0 Å². The number of benzene rings is 1. The zero-order chi connectivity index (χ0) is 9.84. The first kappa shape index (κ1) is 10.1. The van der Waals surface area contributed by atoms with Crippen molar-refractivity contribution in [2.75, 3.05) is 14.2 Å². The van der Waals surface area contributed by atoms with Crippen molar-refractivity contribution in [2.24, 2.45) is 0 Å². The standard InChI is InChI=1S/C9H10BrNO2/c1-11-9(12)6-4-3-5-7(10)8(6)13-2/h3-5H,1-2H3,(H,11,12). The molecule has 0 saturated carbocycles. The van der Waals surface area contributed by atoms with Gasteiger partial charge in [-0.15, -0.1) is 0 Å². The van der Waals surface area contributed by atoms with E-state index in [1.165, 1.54) is 7.11 Å². The molecule has 0 heterocycles. The Hall–Kier alpha value is -1.03. The molecule has 0 spiro atoms. The number of methoxy groups -OCH3 is 1. The zero-order valence-corrected chi connectivity index (χ0v) is 9.01. The van der Waals surface area contributed by atoms with Crippen LogP contribution in [0.2, 0.25) is 0 Å². The van der Waals surface area contributed by atoms with Crippen molar-refractivity contribution in [3.05, 3.63) is 28.2 Å². The lowest BCUT2D eigenvalue weighted by molar-refractivity contribution is 0.0960.